The molecule has 0 unspecified atom stereocenters. The van der Waals surface area contributed by atoms with E-state index < -0.39 is 5.97 Å². The summed E-state index contributed by atoms with van der Waals surface area (Å²) in [5.41, 5.74) is 1.83. The number of hydrogen-bond donors (Lipinski definition) is 2. The van der Waals surface area contributed by atoms with E-state index in [1.54, 1.807) is 19.2 Å². The Morgan fingerprint density at radius 1 is 1.22 bits per heavy atom. The molecule has 98 valence electrons. The average Bonchev–Trinajstić information content (AvgIpc) is 2.30. The van der Waals surface area contributed by atoms with Crippen molar-refractivity contribution in [2.45, 2.75) is 13.0 Å². The highest BCUT2D eigenvalue weighted by atomic mass is 16.4. The lowest BCUT2D eigenvalue weighted by molar-refractivity contribution is -0.136. The lowest BCUT2D eigenvalue weighted by Gasteiger charge is -2.15. The second-order valence-corrected chi connectivity index (χ2v) is 4.23. The largest absolute Gasteiger partial charge is 0.481 e. The minimum atomic E-state index is -0.834. The molecule has 1 amide bonds. The second-order valence-electron chi connectivity index (χ2n) is 4.23. The number of amides is 1. The van der Waals surface area contributed by atoms with Gasteiger partial charge in [-0.3, -0.25) is 14.5 Å². The van der Waals surface area contributed by atoms with E-state index in [4.69, 9.17) is 5.11 Å². The number of hydrogen-bond acceptors (Lipinski definition) is 3. The van der Waals surface area contributed by atoms with E-state index in [-0.39, 0.29) is 12.3 Å². The summed E-state index contributed by atoms with van der Waals surface area (Å²) >= 11 is 0. The average molecular weight is 250 g/mol. The summed E-state index contributed by atoms with van der Waals surface area (Å²) in [6.45, 7) is 0.994. The highest BCUT2D eigenvalue weighted by molar-refractivity contribution is 5.77. The van der Waals surface area contributed by atoms with Gasteiger partial charge in [0.25, 0.3) is 0 Å². The molecule has 0 atom stereocenters. The third kappa shape index (κ3) is 4.97. The van der Waals surface area contributed by atoms with E-state index in [9.17, 15) is 9.59 Å². The zero-order valence-corrected chi connectivity index (χ0v) is 10.6. The minimum absolute atomic E-state index is 0.0278. The molecule has 0 bridgehead atoms. The van der Waals surface area contributed by atoms with Crippen molar-refractivity contribution in [3.8, 4) is 0 Å². The Balaban J connectivity index is 2.52. The van der Waals surface area contributed by atoms with Gasteiger partial charge in [0.2, 0.25) is 5.91 Å². The summed E-state index contributed by atoms with van der Waals surface area (Å²) in [6.07, 6.45) is 0.0361. The fraction of sp³-hybridized carbons (Fsp3) is 0.385. The van der Waals surface area contributed by atoms with Crippen LogP contribution in [0.3, 0.4) is 0 Å². The highest BCUT2D eigenvalue weighted by Gasteiger charge is 2.06. The number of aliphatic carboxylic acids is 1. The van der Waals surface area contributed by atoms with Gasteiger partial charge in [0.1, 0.15) is 0 Å². The molecule has 1 aromatic carbocycles. The second kappa shape index (κ2) is 6.76. The first-order valence-corrected chi connectivity index (χ1v) is 5.70. The summed E-state index contributed by atoms with van der Waals surface area (Å²) in [5.74, 6) is -0.862. The first kappa shape index (κ1) is 14.2. The molecule has 0 heterocycles. The van der Waals surface area contributed by atoms with E-state index >= 15 is 0 Å². The van der Waals surface area contributed by atoms with Crippen LogP contribution in [0.4, 0.5) is 0 Å². The van der Waals surface area contributed by atoms with E-state index in [1.165, 1.54) is 0 Å². The number of likely N-dealkylation sites (N-methyl/N-ethyl adjacent to an activating group) is 2. The van der Waals surface area contributed by atoms with E-state index in [1.807, 2.05) is 24.1 Å². The summed E-state index contributed by atoms with van der Waals surface area (Å²) in [6, 6.07) is 7.38. The van der Waals surface area contributed by atoms with E-state index in [0.29, 0.717) is 13.1 Å². The van der Waals surface area contributed by atoms with Crippen LogP contribution >= 0.6 is 0 Å². The Morgan fingerprint density at radius 2 is 1.78 bits per heavy atom. The van der Waals surface area contributed by atoms with Crippen LogP contribution in [-0.2, 0) is 22.6 Å². The van der Waals surface area contributed by atoms with Gasteiger partial charge in [0, 0.05) is 13.6 Å². The molecule has 0 saturated carbocycles. The molecule has 2 N–H and O–H groups in total. The number of nitrogens with zero attached hydrogens (tertiary/aromatic N) is 1. The zero-order valence-electron chi connectivity index (χ0n) is 10.6. The zero-order chi connectivity index (χ0) is 13.5. The molecule has 1 aromatic rings. The van der Waals surface area contributed by atoms with Gasteiger partial charge in [-0.2, -0.15) is 0 Å². The molecule has 0 radical (unpaired) electrons. The Labute approximate surface area is 106 Å². The van der Waals surface area contributed by atoms with E-state index in [0.717, 1.165) is 11.1 Å². The van der Waals surface area contributed by atoms with Gasteiger partial charge in [0.15, 0.2) is 0 Å². The fourth-order valence-corrected chi connectivity index (χ4v) is 1.63. The van der Waals surface area contributed by atoms with Gasteiger partial charge in [-0.25, -0.2) is 0 Å². The molecule has 18 heavy (non-hydrogen) atoms. The Morgan fingerprint density at radius 3 is 2.28 bits per heavy atom. The normalized spacial score (nSPS) is 10.4. The summed E-state index contributed by atoms with van der Waals surface area (Å²) < 4.78 is 0. The fourth-order valence-electron chi connectivity index (χ4n) is 1.63. The van der Waals surface area contributed by atoms with Crippen molar-refractivity contribution in [3.63, 3.8) is 0 Å². The van der Waals surface area contributed by atoms with Crippen LogP contribution in [0.1, 0.15) is 11.1 Å². The standard InChI is InChI=1S/C13H18N2O3/c1-14-12(16)9-15(2)8-11-5-3-10(4-6-11)7-13(17)18/h3-6H,7-9H2,1-2H3,(H,14,16)(H,17,18). The highest BCUT2D eigenvalue weighted by Crippen LogP contribution is 2.07. The third-order valence-electron chi connectivity index (χ3n) is 2.52. The summed E-state index contributed by atoms with van der Waals surface area (Å²) in [4.78, 5) is 23.6. The van der Waals surface area contributed by atoms with E-state index in [2.05, 4.69) is 5.32 Å². The number of benzene rings is 1. The van der Waals surface area contributed by atoms with Crippen LogP contribution in [0.5, 0.6) is 0 Å². The molecule has 0 aliphatic heterocycles. The predicted octanol–water partition coefficient (Wildman–Crippen LogP) is 0.491. The van der Waals surface area contributed by atoms with Gasteiger partial charge in [-0.15, -0.1) is 0 Å². The number of carbonyl (C=O) groups is 2. The van der Waals surface area contributed by atoms with Crippen LogP contribution in [-0.4, -0.2) is 42.5 Å². The van der Waals surface area contributed by atoms with Crippen LogP contribution in [0, 0.1) is 0 Å². The maximum atomic E-state index is 11.2. The van der Waals surface area contributed by atoms with Crippen LogP contribution in [0.25, 0.3) is 0 Å². The van der Waals surface area contributed by atoms with Crippen molar-refractivity contribution >= 4 is 11.9 Å². The monoisotopic (exact) mass is 250 g/mol. The van der Waals surface area contributed by atoms with Gasteiger partial charge in [-0.1, -0.05) is 24.3 Å². The van der Waals surface area contributed by atoms with Gasteiger partial charge in [-0.05, 0) is 18.2 Å². The number of carbonyl (C=O) groups excluding carboxylic acids is 1. The molecule has 0 aromatic heterocycles. The lowest BCUT2D eigenvalue weighted by atomic mass is 10.1. The SMILES string of the molecule is CNC(=O)CN(C)Cc1ccc(CC(=O)O)cc1. The Bertz CT molecular complexity index is 415. The van der Waals surface area contributed by atoms with Crippen molar-refractivity contribution in [1.29, 1.82) is 0 Å². The molecular weight excluding hydrogens is 232 g/mol. The van der Waals surface area contributed by atoms with Crippen LogP contribution in [0.2, 0.25) is 0 Å². The molecule has 0 aliphatic carbocycles. The first-order valence-electron chi connectivity index (χ1n) is 5.70. The molecule has 0 aliphatic rings. The predicted molar refractivity (Wildman–Crippen MR) is 68.2 cm³/mol. The quantitative estimate of drug-likeness (QED) is 0.771. The minimum Gasteiger partial charge on any atom is -0.481 e. The van der Waals surface area contributed by atoms with Crippen molar-refractivity contribution in [1.82, 2.24) is 10.2 Å². The van der Waals surface area contributed by atoms with Gasteiger partial charge < -0.3 is 10.4 Å². The van der Waals surface area contributed by atoms with Gasteiger partial charge >= 0.3 is 5.97 Å². The number of carboxylic acid groups (broad SMARTS) is 1. The molecular formula is C13H18N2O3. The molecule has 5 heteroatoms. The number of carboxylic acids is 1. The molecule has 0 saturated heterocycles. The maximum absolute atomic E-state index is 11.2. The topological polar surface area (TPSA) is 69.6 Å². The third-order valence-corrected chi connectivity index (χ3v) is 2.52. The number of rotatable bonds is 6. The Kier molecular flexibility index (Phi) is 5.32. The van der Waals surface area contributed by atoms with Crippen molar-refractivity contribution in [2.24, 2.45) is 0 Å². The lowest BCUT2D eigenvalue weighted by Crippen LogP contribution is -2.32. The van der Waals surface area contributed by atoms with Gasteiger partial charge in [0.05, 0.1) is 13.0 Å². The van der Waals surface area contributed by atoms with Crippen molar-refractivity contribution < 1.29 is 14.7 Å². The van der Waals surface area contributed by atoms with Crippen molar-refractivity contribution in [2.75, 3.05) is 20.6 Å². The summed E-state index contributed by atoms with van der Waals surface area (Å²) in [7, 11) is 3.47. The Hall–Kier alpha value is -1.88. The summed E-state index contributed by atoms with van der Waals surface area (Å²) in [5, 5.41) is 11.2. The smallest absolute Gasteiger partial charge is 0.307 e. The molecule has 0 fully saturated rings. The molecule has 5 nitrogen and oxygen atoms in total. The molecule has 0 spiro atoms. The van der Waals surface area contributed by atoms with Crippen molar-refractivity contribution in [3.05, 3.63) is 35.4 Å². The van der Waals surface area contributed by atoms with Crippen LogP contribution < -0.4 is 5.32 Å². The first-order chi connectivity index (χ1) is 8.51. The number of nitrogens with one attached hydrogen (secondary N) is 1. The van der Waals surface area contributed by atoms with Crippen LogP contribution in [0.15, 0.2) is 24.3 Å². The maximum Gasteiger partial charge on any atom is 0.307 e. The molecule has 1 rings (SSSR count).